The van der Waals surface area contributed by atoms with Gasteiger partial charge in [0.25, 0.3) is 0 Å². The summed E-state index contributed by atoms with van der Waals surface area (Å²) in [5.41, 5.74) is 1.13. The third-order valence-corrected chi connectivity index (χ3v) is 4.49. The van der Waals surface area contributed by atoms with E-state index in [-0.39, 0.29) is 12.1 Å². The minimum atomic E-state index is -0.322. The number of fused-ring (bicyclic) bond motifs is 1. The topological polar surface area (TPSA) is 55.8 Å². The summed E-state index contributed by atoms with van der Waals surface area (Å²) >= 11 is 0. The first kappa shape index (κ1) is 16.7. The largest absolute Gasteiger partial charge is 0.392 e. The summed E-state index contributed by atoms with van der Waals surface area (Å²) < 4.78 is 0. The van der Waals surface area contributed by atoms with Crippen LogP contribution in [0.2, 0.25) is 0 Å². The lowest BCUT2D eigenvalue weighted by Crippen LogP contribution is -2.52. The fourth-order valence-electron chi connectivity index (χ4n) is 3.24. The van der Waals surface area contributed by atoms with Crippen molar-refractivity contribution in [1.29, 1.82) is 0 Å². The quantitative estimate of drug-likeness (QED) is 0.904. The third-order valence-electron chi connectivity index (χ3n) is 4.49. The number of carbonyl (C=O) groups is 1. The molecule has 0 unspecified atom stereocenters. The zero-order chi connectivity index (χ0) is 16.9. The van der Waals surface area contributed by atoms with E-state index in [4.69, 9.17) is 0 Å². The first-order valence-corrected chi connectivity index (χ1v) is 8.53. The Morgan fingerprint density at radius 3 is 2.58 bits per heavy atom. The lowest BCUT2D eigenvalue weighted by molar-refractivity contribution is 0.0897. The van der Waals surface area contributed by atoms with Gasteiger partial charge in [-0.3, -0.25) is 4.90 Å². The molecule has 5 nitrogen and oxygen atoms in total. The van der Waals surface area contributed by atoms with E-state index < -0.39 is 0 Å². The molecule has 128 valence electrons. The summed E-state index contributed by atoms with van der Waals surface area (Å²) in [5, 5.41) is 14.9. The van der Waals surface area contributed by atoms with E-state index in [2.05, 4.69) is 34.5 Å². The van der Waals surface area contributed by atoms with Gasteiger partial charge in [-0.05, 0) is 23.3 Å². The number of rotatable bonds is 4. The van der Waals surface area contributed by atoms with Crippen LogP contribution in [0.4, 0.5) is 4.79 Å². The molecule has 0 bridgehead atoms. The monoisotopic (exact) mass is 327 g/mol. The SMILES string of the molecule is C[C@@H](O)CN1CCN(C(=O)NCc2cccc3ccccc23)CC1. The number of aliphatic hydroxyl groups excluding tert-OH is 1. The predicted octanol–water partition coefficient (Wildman–Crippen LogP) is 2.05. The van der Waals surface area contributed by atoms with Crippen molar-refractivity contribution < 1.29 is 9.90 Å². The predicted molar refractivity (Wildman–Crippen MR) is 95.9 cm³/mol. The minimum absolute atomic E-state index is 0.0142. The number of carbonyl (C=O) groups excluding carboxylic acids is 1. The van der Waals surface area contributed by atoms with Crippen molar-refractivity contribution in [2.75, 3.05) is 32.7 Å². The summed E-state index contributed by atoms with van der Waals surface area (Å²) in [7, 11) is 0. The lowest BCUT2D eigenvalue weighted by Gasteiger charge is -2.35. The first-order valence-electron chi connectivity index (χ1n) is 8.53. The van der Waals surface area contributed by atoms with Crippen LogP contribution >= 0.6 is 0 Å². The number of β-amino-alcohol motifs (C(OH)–C–C–N with tert-alkyl or cyclic N) is 1. The number of hydrogen-bond donors (Lipinski definition) is 2. The number of urea groups is 1. The van der Waals surface area contributed by atoms with Gasteiger partial charge in [0.05, 0.1) is 6.10 Å². The lowest BCUT2D eigenvalue weighted by atomic mass is 10.0. The minimum Gasteiger partial charge on any atom is -0.392 e. The highest BCUT2D eigenvalue weighted by molar-refractivity contribution is 5.86. The van der Waals surface area contributed by atoms with Gasteiger partial charge in [0.1, 0.15) is 0 Å². The second kappa shape index (κ2) is 7.64. The van der Waals surface area contributed by atoms with Gasteiger partial charge < -0.3 is 15.3 Å². The Morgan fingerprint density at radius 1 is 1.12 bits per heavy atom. The van der Waals surface area contributed by atoms with Crippen LogP contribution in [0.5, 0.6) is 0 Å². The highest BCUT2D eigenvalue weighted by Gasteiger charge is 2.21. The maximum Gasteiger partial charge on any atom is 0.317 e. The zero-order valence-corrected chi connectivity index (χ0v) is 14.1. The summed E-state index contributed by atoms with van der Waals surface area (Å²) in [6, 6.07) is 14.4. The molecule has 0 aliphatic carbocycles. The van der Waals surface area contributed by atoms with Gasteiger partial charge in [-0.1, -0.05) is 42.5 Å². The van der Waals surface area contributed by atoms with Crippen molar-refractivity contribution in [3.8, 4) is 0 Å². The first-order chi connectivity index (χ1) is 11.6. The molecule has 2 aromatic rings. The van der Waals surface area contributed by atoms with E-state index in [1.165, 1.54) is 10.8 Å². The number of piperazine rings is 1. The van der Waals surface area contributed by atoms with Gasteiger partial charge in [0.15, 0.2) is 0 Å². The number of aliphatic hydroxyl groups is 1. The molecule has 24 heavy (non-hydrogen) atoms. The Kier molecular flexibility index (Phi) is 5.33. The fraction of sp³-hybridized carbons (Fsp3) is 0.421. The summed E-state index contributed by atoms with van der Waals surface area (Å²) in [6.45, 7) is 6.03. The molecule has 2 amide bonds. The van der Waals surface area contributed by atoms with Crippen LogP contribution in [0, 0.1) is 0 Å². The Morgan fingerprint density at radius 2 is 1.83 bits per heavy atom. The normalized spacial score (nSPS) is 17.0. The molecule has 5 heteroatoms. The smallest absolute Gasteiger partial charge is 0.317 e. The fourth-order valence-corrected chi connectivity index (χ4v) is 3.24. The second-order valence-electron chi connectivity index (χ2n) is 6.43. The summed E-state index contributed by atoms with van der Waals surface area (Å²) in [5.74, 6) is 0. The Hall–Kier alpha value is -2.11. The molecule has 1 fully saturated rings. The molecule has 1 saturated heterocycles. The Balaban J connectivity index is 1.54. The number of amides is 2. The molecule has 0 aromatic heterocycles. The third kappa shape index (κ3) is 4.04. The van der Waals surface area contributed by atoms with Gasteiger partial charge >= 0.3 is 6.03 Å². The van der Waals surface area contributed by atoms with E-state index >= 15 is 0 Å². The average Bonchev–Trinajstić information content (AvgIpc) is 2.59. The molecule has 1 atom stereocenters. The van der Waals surface area contributed by atoms with Crippen LogP contribution in [-0.2, 0) is 6.54 Å². The molecule has 1 heterocycles. The van der Waals surface area contributed by atoms with Crippen LogP contribution in [0.25, 0.3) is 10.8 Å². The van der Waals surface area contributed by atoms with Crippen molar-refractivity contribution >= 4 is 16.8 Å². The molecule has 2 aromatic carbocycles. The standard InChI is InChI=1S/C19H25N3O2/c1-15(23)14-21-9-11-22(12-10-21)19(24)20-13-17-7-4-6-16-5-2-3-8-18(16)17/h2-8,15,23H,9-14H2,1H3,(H,20,24)/t15-/m1/s1. The van der Waals surface area contributed by atoms with Crippen LogP contribution in [0.15, 0.2) is 42.5 Å². The number of hydrogen-bond acceptors (Lipinski definition) is 3. The van der Waals surface area contributed by atoms with Gasteiger partial charge in [-0.15, -0.1) is 0 Å². The number of nitrogens with one attached hydrogen (secondary N) is 1. The van der Waals surface area contributed by atoms with E-state index in [0.29, 0.717) is 26.2 Å². The number of nitrogens with zero attached hydrogens (tertiary/aromatic N) is 2. The second-order valence-corrected chi connectivity index (χ2v) is 6.43. The average molecular weight is 327 g/mol. The Labute approximate surface area is 142 Å². The molecule has 2 N–H and O–H groups in total. The van der Waals surface area contributed by atoms with Crippen LogP contribution in [-0.4, -0.2) is 59.8 Å². The van der Waals surface area contributed by atoms with Crippen LogP contribution in [0.1, 0.15) is 12.5 Å². The molecular formula is C19H25N3O2. The van der Waals surface area contributed by atoms with Crippen molar-refractivity contribution in [3.05, 3.63) is 48.0 Å². The van der Waals surface area contributed by atoms with Crippen molar-refractivity contribution in [2.45, 2.75) is 19.6 Å². The molecular weight excluding hydrogens is 302 g/mol. The Bertz CT molecular complexity index is 689. The molecule has 1 aliphatic rings. The zero-order valence-electron chi connectivity index (χ0n) is 14.1. The molecule has 0 saturated carbocycles. The van der Waals surface area contributed by atoms with Gasteiger partial charge in [-0.25, -0.2) is 4.79 Å². The van der Waals surface area contributed by atoms with E-state index in [0.717, 1.165) is 18.7 Å². The van der Waals surface area contributed by atoms with Crippen molar-refractivity contribution in [2.24, 2.45) is 0 Å². The maximum absolute atomic E-state index is 12.4. The molecule has 0 spiro atoms. The number of benzene rings is 2. The molecule has 0 radical (unpaired) electrons. The van der Waals surface area contributed by atoms with Crippen LogP contribution in [0.3, 0.4) is 0 Å². The van der Waals surface area contributed by atoms with E-state index in [1.54, 1.807) is 6.92 Å². The summed E-state index contributed by atoms with van der Waals surface area (Å²) in [6.07, 6.45) is -0.322. The molecule has 1 aliphatic heterocycles. The maximum atomic E-state index is 12.4. The van der Waals surface area contributed by atoms with Crippen molar-refractivity contribution in [3.63, 3.8) is 0 Å². The van der Waals surface area contributed by atoms with E-state index in [9.17, 15) is 9.90 Å². The van der Waals surface area contributed by atoms with E-state index in [1.807, 2.05) is 23.1 Å². The molecule has 3 rings (SSSR count). The van der Waals surface area contributed by atoms with Gasteiger partial charge in [-0.2, -0.15) is 0 Å². The summed E-state index contributed by atoms with van der Waals surface area (Å²) in [4.78, 5) is 16.4. The van der Waals surface area contributed by atoms with Crippen molar-refractivity contribution in [1.82, 2.24) is 15.1 Å². The van der Waals surface area contributed by atoms with Gasteiger partial charge in [0.2, 0.25) is 0 Å². The highest BCUT2D eigenvalue weighted by atomic mass is 16.3. The highest BCUT2D eigenvalue weighted by Crippen LogP contribution is 2.18. The van der Waals surface area contributed by atoms with Gasteiger partial charge in [0, 0.05) is 39.3 Å². The van der Waals surface area contributed by atoms with Crippen LogP contribution < -0.4 is 5.32 Å².